The number of carbonyl (C=O) groups is 1. The molecule has 3 aliphatic rings. The molecule has 0 bridgehead atoms. The van der Waals surface area contributed by atoms with Gasteiger partial charge in [-0.1, -0.05) is 29.3 Å². The molecule has 0 radical (unpaired) electrons. The second-order valence-corrected chi connectivity index (χ2v) is 8.98. The number of halogens is 2. The fourth-order valence-electron chi connectivity index (χ4n) is 4.82. The van der Waals surface area contributed by atoms with Gasteiger partial charge in [-0.15, -0.1) is 0 Å². The highest BCUT2D eigenvalue weighted by atomic mass is 35.5. The first-order valence-electron chi connectivity index (χ1n) is 10.4. The van der Waals surface area contributed by atoms with Crippen molar-refractivity contribution in [2.24, 2.45) is 0 Å². The summed E-state index contributed by atoms with van der Waals surface area (Å²) in [6, 6.07) is 9.87. The highest BCUT2D eigenvalue weighted by molar-refractivity contribution is 6.42. The minimum absolute atomic E-state index is 0.0369. The molecule has 1 unspecified atom stereocenters. The fourth-order valence-corrected chi connectivity index (χ4v) is 5.13. The monoisotopic (exact) mass is 449 g/mol. The Morgan fingerprint density at radius 2 is 1.80 bits per heavy atom. The van der Waals surface area contributed by atoms with Gasteiger partial charge in [0.25, 0.3) is 0 Å². The smallest absolute Gasteiger partial charge is 0.236 e. The first-order chi connectivity index (χ1) is 14.5. The van der Waals surface area contributed by atoms with Gasteiger partial charge < -0.3 is 18.9 Å². The number of rotatable bonds is 3. The van der Waals surface area contributed by atoms with Gasteiger partial charge >= 0.3 is 0 Å². The summed E-state index contributed by atoms with van der Waals surface area (Å²) in [4.78, 5) is 17.3. The van der Waals surface area contributed by atoms with Crippen molar-refractivity contribution in [2.75, 3.05) is 39.4 Å². The predicted molar refractivity (Wildman–Crippen MR) is 115 cm³/mol. The first-order valence-corrected chi connectivity index (χ1v) is 11.2. The summed E-state index contributed by atoms with van der Waals surface area (Å²) >= 11 is 12.5. The fraction of sp³-hybridized carbons (Fsp3) is 0.500. The number of carbonyl (C=O) groups excluding carboxylic acids is 1. The van der Waals surface area contributed by atoms with Crippen molar-refractivity contribution in [3.05, 3.63) is 57.8 Å². The Morgan fingerprint density at radius 3 is 2.53 bits per heavy atom. The molecule has 3 aliphatic heterocycles. The molecule has 8 heteroatoms. The summed E-state index contributed by atoms with van der Waals surface area (Å²) in [5.41, 5.74) is 2.21. The maximum absolute atomic E-state index is 13.2. The predicted octanol–water partition coefficient (Wildman–Crippen LogP) is 3.57. The second kappa shape index (κ2) is 8.17. The second-order valence-electron chi connectivity index (χ2n) is 8.16. The van der Waals surface area contributed by atoms with Crippen LogP contribution in [0.2, 0.25) is 10.0 Å². The third-order valence-electron chi connectivity index (χ3n) is 6.43. The zero-order chi connectivity index (χ0) is 20.7. The number of hydrogen-bond acceptors (Lipinski definition) is 4. The number of fused-ring (bicyclic) bond motifs is 1. The lowest BCUT2D eigenvalue weighted by Crippen LogP contribution is -2.51. The zero-order valence-electron chi connectivity index (χ0n) is 16.7. The molecule has 2 aromatic rings. The van der Waals surface area contributed by atoms with E-state index in [0.717, 1.165) is 37.2 Å². The molecular weight excluding hydrogens is 425 g/mol. The molecule has 5 rings (SSSR count). The normalized spacial score (nSPS) is 23.7. The molecular formula is C22H25Cl2N3O3. The molecule has 1 aromatic heterocycles. The largest absolute Gasteiger partial charge is 0.348 e. The van der Waals surface area contributed by atoms with Gasteiger partial charge in [0.2, 0.25) is 5.91 Å². The van der Waals surface area contributed by atoms with Crippen LogP contribution in [-0.4, -0.2) is 65.5 Å². The lowest BCUT2D eigenvalue weighted by molar-refractivity contribution is -0.187. The summed E-state index contributed by atoms with van der Waals surface area (Å²) < 4.78 is 13.8. The van der Waals surface area contributed by atoms with Crippen molar-refractivity contribution in [3.8, 4) is 0 Å². The summed E-state index contributed by atoms with van der Waals surface area (Å²) in [7, 11) is 0. The number of nitrogens with zero attached hydrogens (tertiary/aromatic N) is 3. The van der Waals surface area contributed by atoms with Gasteiger partial charge in [-0.2, -0.15) is 0 Å². The van der Waals surface area contributed by atoms with Crippen LogP contribution >= 0.6 is 23.2 Å². The Kier molecular flexibility index (Phi) is 5.54. The molecule has 1 atom stereocenters. The minimum Gasteiger partial charge on any atom is -0.348 e. The maximum Gasteiger partial charge on any atom is 0.236 e. The Balaban J connectivity index is 1.33. The van der Waals surface area contributed by atoms with Gasteiger partial charge in [-0.25, -0.2) is 0 Å². The summed E-state index contributed by atoms with van der Waals surface area (Å²) in [5, 5.41) is 1.06. The average Bonchev–Trinajstić information content (AvgIpc) is 3.40. The van der Waals surface area contributed by atoms with Crippen LogP contribution < -0.4 is 0 Å². The zero-order valence-corrected chi connectivity index (χ0v) is 18.2. The number of piperidine rings is 1. The van der Waals surface area contributed by atoms with Gasteiger partial charge in [0.15, 0.2) is 5.79 Å². The van der Waals surface area contributed by atoms with Crippen molar-refractivity contribution >= 4 is 29.1 Å². The Bertz CT molecular complexity index is 931. The van der Waals surface area contributed by atoms with E-state index in [2.05, 4.69) is 27.8 Å². The average molecular weight is 450 g/mol. The van der Waals surface area contributed by atoms with Crippen LogP contribution in [0.4, 0.5) is 0 Å². The van der Waals surface area contributed by atoms with Crippen LogP contribution in [0, 0.1) is 0 Å². The van der Waals surface area contributed by atoms with Crippen LogP contribution in [0.25, 0.3) is 0 Å². The molecule has 6 nitrogen and oxygen atoms in total. The van der Waals surface area contributed by atoms with E-state index in [9.17, 15) is 4.79 Å². The van der Waals surface area contributed by atoms with E-state index < -0.39 is 5.79 Å². The van der Waals surface area contributed by atoms with Crippen LogP contribution in [0.5, 0.6) is 0 Å². The summed E-state index contributed by atoms with van der Waals surface area (Å²) in [6.45, 7) is 4.64. The molecule has 0 saturated carbocycles. The molecule has 1 amide bonds. The molecule has 2 fully saturated rings. The Labute approximate surface area is 186 Å². The maximum atomic E-state index is 13.2. The number of benzene rings is 1. The molecule has 0 aliphatic carbocycles. The van der Waals surface area contributed by atoms with Crippen LogP contribution in [0.1, 0.15) is 30.1 Å². The van der Waals surface area contributed by atoms with Gasteiger partial charge in [0.05, 0.1) is 35.8 Å². The van der Waals surface area contributed by atoms with Crippen molar-refractivity contribution in [3.63, 3.8) is 0 Å². The number of hydrogen-bond donors (Lipinski definition) is 0. The molecule has 2 saturated heterocycles. The van der Waals surface area contributed by atoms with Crippen LogP contribution in [-0.2, 0) is 20.8 Å². The molecule has 160 valence electrons. The van der Waals surface area contributed by atoms with Crippen molar-refractivity contribution in [1.29, 1.82) is 0 Å². The van der Waals surface area contributed by atoms with E-state index in [1.807, 2.05) is 23.1 Å². The van der Waals surface area contributed by atoms with E-state index >= 15 is 0 Å². The first kappa shape index (κ1) is 20.3. The van der Waals surface area contributed by atoms with Crippen molar-refractivity contribution in [1.82, 2.24) is 14.4 Å². The standard InChI is InChI=1S/C22H25Cl2N3O3/c23-17-4-3-16(14-18(17)24)21-19-2-1-7-25(19)10-11-27(21)15-20(28)26-8-5-22(6-9-26)29-12-13-30-22/h1-4,7,14,21H,5-6,8-13,15H2. The van der Waals surface area contributed by atoms with E-state index in [4.69, 9.17) is 32.7 Å². The number of amides is 1. The summed E-state index contributed by atoms with van der Waals surface area (Å²) in [6.07, 6.45) is 3.56. The van der Waals surface area contributed by atoms with Crippen LogP contribution in [0.15, 0.2) is 36.5 Å². The summed E-state index contributed by atoms with van der Waals surface area (Å²) in [5.74, 6) is -0.321. The molecule has 1 aromatic carbocycles. The lowest BCUT2D eigenvalue weighted by Gasteiger charge is -2.40. The molecule has 1 spiro atoms. The number of likely N-dealkylation sites (tertiary alicyclic amines) is 1. The number of aromatic nitrogens is 1. The highest BCUT2D eigenvalue weighted by Crippen LogP contribution is 2.36. The van der Waals surface area contributed by atoms with E-state index in [1.54, 1.807) is 0 Å². The van der Waals surface area contributed by atoms with Gasteiger partial charge in [-0.05, 0) is 29.8 Å². The van der Waals surface area contributed by atoms with E-state index in [1.165, 1.54) is 0 Å². The Morgan fingerprint density at radius 1 is 1.03 bits per heavy atom. The quantitative estimate of drug-likeness (QED) is 0.718. The SMILES string of the molecule is O=C(CN1CCn2cccc2C1c1ccc(Cl)c(Cl)c1)N1CCC2(CC1)OCCO2. The van der Waals surface area contributed by atoms with Crippen molar-refractivity contribution in [2.45, 2.75) is 31.2 Å². The minimum atomic E-state index is -0.467. The highest BCUT2D eigenvalue weighted by Gasteiger charge is 2.41. The van der Waals surface area contributed by atoms with Gasteiger partial charge in [-0.3, -0.25) is 9.69 Å². The third kappa shape index (κ3) is 3.76. The lowest BCUT2D eigenvalue weighted by atomic mass is 9.99. The topological polar surface area (TPSA) is 46.9 Å². The molecule has 30 heavy (non-hydrogen) atoms. The van der Waals surface area contributed by atoms with Crippen LogP contribution in [0.3, 0.4) is 0 Å². The van der Waals surface area contributed by atoms with E-state index in [0.29, 0.717) is 42.9 Å². The molecule has 0 N–H and O–H groups in total. The Hall–Kier alpha value is -1.57. The van der Waals surface area contributed by atoms with Gasteiger partial charge in [0, 0.05) is 50.9 Å². The van der Waals surface area contributed by atoms with Crippen molar-refractivity contribution < 1.29 is 14.3 Å². The van der Waals surface area contributed by atoms with Gasteiger partial charge in [0.1, 0.15) is 0 Å². The third-order valence-corrected chi connectivity index (χ3v) is 7.17. The number of ether oxygens (including phenoxy) is 2. The molecule has 4 heterocycles. The van der Waals surface area contributed by atoms with E-state index in [-0.39, 0.29) is 11.9 Å².